The number of benzene rings is 1. The highest BCUT2D eigenvalue weighted by Crippen LogP contribution is 2.30. The summed E-state index contributed by atoms with van der Waals surface area (Å²) in [6.07, 6.45) is 1.40. The number of aromatic nitrogens is 2. The number of thiophene rings is 1. The number of amides is 2. The van der Waals surface area contributed by atoms with E-state index in [1.807, 2.05) is 50.4 Å². The van der Waals surface area contributed by atoms with Gasteiger partial charge in [0.1, 0.15) is 11.4 Å². The first kappa shape index (κ1) is 21.7. The quantitative estimate of drug-likeness (QED) is 0.630. The SMILES string of the molecule is CCN(CC(=O)NC(C)C)C(=O)Cn1cnc2scc(-c3ccc(C)cc3)c2c1=O. The zero-order chi connectivity index (χ0) is 21.8. The Balaban J connectivity index is 1.87. The van der Waals surface area contributed by atoms with E-state index >= 15 is 0 Å². The summed E-state index contributed by atoms with van der Waals surface area (Å²) in [5.41, 5.74) is 2.64. The number of rotatable bonds is 7. The molecule has 158 valence electrons. The van der Waals surface area contributed by atoms with Gasteiger partial charge in [0.15, 0.2) is 0 Å². The molecule has 8 heteroatoms. The highest BCUT2D eigenvalue weighted by molar-refractivity contribution is 7.17. The molecular formula is C22H26N4O3S. The summed E-state index contributed by atoms with van der Waals surface area (Å²) in [7, 11) is 0. The molecule has 7 nitrogen and oxygen atoms in total. The Morgan fingerprint density at radius 2 is 1.93 bits per heavy atom. The van der Waals surface area contributed by atoms with Crippen LogP contribution in [0.3, 0.4) is 0 Å². The Kier molecular flexibility index (Phi) is 6.66. The largest absolute Gasteiger partial charge is 0.352 e. The lowest BCUT2D eigenvalue weighted by molar-refractivity contribution is -0.136. The van der Waals surface area contributed by atoms with Crippen molar-refractivity contribution in [2.45, 2.75) is 40.3 Å². The minimum Gasteiger partial charge on any atom is -0.352 e. The highest BCUT2D eigenvalue weighted by atomic mass is 32.1. The predicted octanol–water partition coefficient (Wildman–Crippen LogP) is 2.81. The third-order valence-corrected chi connectivity index (χ3v) is 5.63. The van der Waals surface area contributed by atoms with Crippen molar-refractivity contribution in [1.82, 2.24) is 19.8 Å². The molecule has 0 saturated carbocycles. The zero-order valence-corrected chi connectivity index (χ0v) is 18.5. The summed E-state index contributed by atoms with van der Waals surface area (Å²) in [5.74, 6) is -0.521. The number of hydrogen-bond donors (Lipinski definition) is 1. The number of aryl methyl sites for hydroxylation is 1. The summed E-state index contributed by atoms with van der Waals surface area (Å²) in [6.45, 7) is 7.72. The van der Waals surface area contributed by atoms with Crippen molar-refractivity contribution in [3.8, 4) is 11.1 Å². The molecule has 0 unspecified atom stereocenters. The third-order valence-electron chi connectivity index (χ3n) is 4.75. The molecule has 0 fully saturated rings. The number of hydrogen-bond acceptors (Lipinski definition) is 5. The van der Waals surface area contributed by atoms with Gasteiger partial charge in [-0.1, -0.05) is 29.8 Å². The summed E-state index contributed by atoms with van der Waals surface area (Å²) >= 11 is 1.41. The number of fused-ring (bicyclic) bond motifs is 1. The molecule has 0 aliphatic rings. The van der Waals surface area contributed by atoms with Gasteiger partial charge in [0.2, 0.25) is 11.8 Å². The topological polar surface area (TPSA) is 84.3 Å². The smallest absolute Gasteiger partial charge is 0.263 e. The first-order valence-electron chi connectivity index (χ1n) is 9.91. The van der Waals surface area contributed by atoms with Gasteiger partial charge < -0.3 is 10.2 Å². The van der Waals surface area contributed by atoms with Crippen LogP contribution >= 0.6 is 11.3 Å². The second-order valence-corrected chi connectivity index (χ2v) is 8.36. The molecule has 2 heterocycles. The molecular weight excluding hydrogens is 400 g/mol. The Labute approximate surface area is 179 Å². The molecule has 3 aromatic rings. The molecule has 0 bridgehead atoms. The molecule has 30 heavy (non-hydrogen) atoms. The van der Waals surface area contributed by atoms with Crippen LogP contribution in [0, 0.1) is 6.92 Å². The fourth-order valence-corrected chi connectivity index (χ4v) is 4.10. The maximum Gasteiger partial charge on any atom is 0.263 e. The van der Waals surface area contributed by atoms with Crippen LogP contribution in [-0.4, -0.2) is 45.4 Å². The van der Waals surface area contributed by atoms with Crippen LogP contribution in [0.1, 0.15) is 26.3 Å². The normalized spacial score (nSPS) is 11.1. The van der Waals surface area contributed by atoms with Gasteiger partial charge in [0, 0.05) is 23.5 Å². The van der Waals surface area contributed by atoms with Crippen molar-refractivity contribution in [2.75, 3.05) is 13.1 Å². The van der Waals surface area contributed by atoms with Gasteiger partial charge in [0.05, 0.1) is 18.3 Å². The van der Waals surface area contributed by atoms with Crippen molar-refractivity contribution in [3.63, 3.8) is 0 Å². The van der Waals surface area contributed by atoms with Crippen molar-refractivity contribution < 1.29 is 9.59 Å². The van der Waals surface area contributed by atoms with Gasteiger partial charge >= 0.3 is 0 Å². The molecule has 0 aliphatic carbocycles. The summed E-state index contributed by atoms with van der Waals surface area (Å²) in [5, 5.41) is 5.21. The van der Waals surface area contributed by atoms with Gasteiger partial charge in [-0.2, -0.15) is 0 Å². The monoisotopic (exact) mass is 426 g/mol. The molecule has 0 radical (unpaired) electrons. The van der Waals surface area contributed by atoms with Gasteiger partial charge in [-0.05, 0) is 33.3 Å². The van der Waals surface area contributed by atoms with Gasteiger partial charge in [-0.3, -0.25) is 19.0 Å². The lowest BCUT2D eigenvalue weighted by Crippen LogP contribution is -2.44. The Morgan fingerprint density at radius 1 is 1.23 bits per heavy atom. The van der Waals surface area contributed by atoms with Crippen molar-refractivity contribution in [1.29, 1.82) is 0 Å². The van der Waals surface area contributed by atoms with Crippen molar-refractivity contribution in [2.24, 2.45) is 0 Å². The lowest BCUT2D eigenvalue weighted by atomic mass is 10.1. The maximum atomic E-state index is 13.1. The number of likely N-dealkylation sites (N-methyl/N-ethyl adjacent to an activating group) is 1. The van der Waals surface area contributed by atoms with E-state index in [1.54, 1.807) is 6.92 Å². The molecule has 0 atom stereocenters. The van der Waals surface area contributed by atoms with E-state index in [2.05, 4.69) is 10.3 Å². The summed E-state index contributed by atoms with van der Waals surface area (Å²) in [6, 6.07) is 7.95. The van der Waals surface area contributed by atoms with Crippen LogP contribution < -0.4 is 10.9 Å². The zero-order valence-electron chi connectivity index (χ0n) is 17.6. The number of nitrogens with zero attached hydrogens (tertiary/aromatic N) is 3. The Bertz CT molecular complexity index is 1120. The number of nitrogens with one attached hydrogen (secondary N) is 1. The fraction of sp³-hybridized carbons (Fsp3) is 0.364. The molecule has 0 saturated heterocycles. The van der Waals surface area contributed by atoms with Crippen molar-refractivity contribution >= 4 is 33.4 Å². The van der Waals surface area contributed by atoms with Crippen LogP contribution in [0.25, 0.3) is 21.3 Å². The standard InChI is InChI=1S/C22H26N4O3S/c1-5-25(10-18(27)24-14(2)3)19(28)11-26-13-23-21-20(22(26)29)17(12-30-21)16-8-6-15(4)7-9-16/h6-9,12-14H,5,10-11H2,1-4H3,(H,24,27). The van der Waals surface area contributed by atoms with Crippen LogP contribution in [0.15, 0.2) is 40.8 Å². The summed E-state index contributed by atoms with van der Waals surface area (Å²) < 4.78 is 1.32. The van der Waals surface area contributed by atoms with Crippen LogP contribution in [0.5, 0.6) is 0 Å². The minimum atomic E-state index is -0.299. The summed E-state index contributed by atoms with van der Waals surface area (Å²) in [4.78, 5) is 44.4. The lowest BCUT2D eigenvalue weighted by Gasteiger charge is -2.21. The molecule has 3 rings (SSSR count). The van der Waals surface area contributed by atoms with Crippen LogP contribution in [0.2, 0.25) is 0 Å². The van der Waals surface area contributed by atoms with E-state index in [-0.39, 0.29) is 36.5 Å². The van der Waals surface area contributed by atoms with Gasteiger partial charge in [-0.15, -0.1) is 11.3 Å². The molecule has 1 aromatic carbocycles. The van der Waals surface area contributed by atoms with Crippen LogP contribution in [-0.2, 0) is 16.1 Å². The third kappa shape index (κ3) is 4.76. The molecule has 1 N–H and O–H groups in total. The molecule has 2 amide bonds. The fourth-order valence-electron chi connectivity index (χ4n) is 3.19. The Hall–Kier alpha value is -3.00. The minimum absolute atomic E-state index is 0.000629. The van der Waals surface area contributed by atoms with Crippen molar-refractivity contribution in [3.05, 3.63) is 51.9 Å². The molecule has 0 spiro atoms. The first-order valence-corrected chi connectivity index (χ1v) is 10.8. The predicted molar refractivity (Wildman–Crippen MR) is 120 cm³/mol. The van der Waals surface area contributed by atoms with E-state index in [0.717, 1.165) is 16.7 Å². The van der Waals surface area contributed by atoms with E-state index in [1.165, 1.54) is 27.1 Å². The first-order chi connectivity index (χ1) is 14.3. The highest BCUT2D eigenvalue weighted by Gasteiger charge is 2.19. The molecule has 2 aromatic heterocycles. The average molecular weight is 427 g/mol. The number of carbonyl (C=O) groups is 2. The molecule has 0 aliphatic heterocycles. The number of carbonyl (C=O) groups excluding carboxylic acids is 2. The van der Waals surface area contributed by atoms with E-state index in [0.29, 0.717) is 16.8 Å². The van der Waals surface area contributed by atoms with E-state index in [9.17, 15) is 14.4 Å². The maximum absolute atomic E-state index is 13.1. The van der Waals surface area contributed by atoms with Gasteiger partial charge in [0.25, 0.3) is 5.56 Å². The van der Waals surface area contributed by atoms with E-state index in [4.69, 9.17) is 0 Å². The Morgan fingerprint density at radius 3 is 2.57 bits per heavy atom. The second-order valence-electron chi connectivity index (χ2n) is 7.50. The second kappa shape index (κ2) is 9.21. The van der Waals surface area contributed by atoms with E-state index < -0.39 is 0 Å². The van der Waals surface area contributed by atoms with Crippen LogP contribution in [0.4, 0.5) is 0 Å². The van der Waals surface area contributed by atoms with Gasteiger partial charge in [-0.25, -0.2) is 4.98 Å². The average Bonchev–Trinajstić information content (AvgIpc) is 3.13.